The summed E-state index contributed by atoms with van der Waals surface area (Å²) >= 11 is 0. The molecule has 2 bridgehead atoms. The van der Waals surface area contributed by atoms with Gasteiger partial charge in [-0.25, -0.2) is 15.0 Å². The summed E-state index contributed by atoms with van der Waals surface area (Å²) in [5.41, 5.74) is 3.78. The van der Waals surface area contributed by atoms with E-state index in [-0.39, 0.29) is 23.9 Å². The van der Waals surface area contributed by atoms with Crippen molar-refractivity contribution >= 4 is 23.2 Å². The second-order valence-corrected chi connectivity index (χ2v) is 11.0. The number of benzene rings is 1. The minimum absolute atomic E-state index is 0.0546. The van der Waals surface area contributed by atoms with Crippen molar-refractivity contribution in [2.45, 2.75) is 38.7 Å². The van der Waals surface area contributed by atoms with Gasteiger partial charge in [-0.05, 0) is 49.8 Å². The smallest absolute Gasteiger partial charge is 0.387 e. The Hall–Kier alpha value is -4.21. The maximum atomic E-state index is 13.1. The molecule has 7 rings (SSSR count). The minimum atomic E-state index is -2.97. The maximum Gasteiger partial charge on any atom is 0.387 e. The summed E-state index contributed by atoms with van der Waals surface area (Å²) in [6.45, 7) is 0.321. The third-order valence-electron chi connectivity index (χ3n) is 8.71. The van der Waals surface area contributed by atoms with E-state index in [4.69, 9.17) is 4.74 Å². The molecule has 40 heavy (non-hydrogen) atoms. The summed E-state index contributed by atoms with van der Waals surface area (Å²) in [6, 6.07) is 10.3. The number of anilines is 1. The van der Waals surface area contributed by atoms with Gasteiger partial charge in [0.05, 0.1) is 5.69 Å². The molecule has 0 amide bonds. The summed E-state index contributed by atoms with van der Waals surface area (Å²) < 4.78 is 32.8. The van der Waals surface area contributed by atoms with Crippen molar-refractivity contribution in [1.82, 2.24) is 19.4 Å². The van der Waals surface area contributed by atoms with Crippen molar-refractivity contribution in [3.63, 3.8) is 0 Å². The number of ketones is 2. The van der Waals surface area contributed by atoms with Gasteiger partial charge in [0.15, 0.2) is 5.78 Å². The van der Waals surface area contributed by atoms with Crippen LogP contribution in [-0.2, 0) is 4.79 Å². The Kier molecular flexibility index (Phi) is 5.87. The van der Waals surface area contributed by atoms with Gasteiger partial charge in [-0.3, -0.25) is 9.59 Å². The second kappa shape index (κ2) is 9.46. The second-order valence-electron chi connectivity index (χ2n) is 11.0. The number of para-hydroxylation sites is 1. The number of ether oxygens (including phenoxy) is 1. The predicted octanol–water partition coefficient (Wildman–Crippen LogP) is 5.16. The molecule has 0 radical (unpaired) electrons. The fraction of sp³-hybridized carbons (Fsp3) is 0.367. The van der Waals surface area contributed by atoms with Crippen LogP contribution in [0, 0.1) is 17.8 Å². The van der Waals surface area contributed by atoms with Crippen LogP contribution in [0.15, 0.2) is 55.0 Å². The van der Waals surface area contributed by atoms with E-state index in [2.05, 4.69) is 19.9 Å². The average molecular weight is 544 g/mol. The number of alkyl halides is 2. The summed E-state index contributed by atoms with van der Waals surface area (Å²) in [6.07, 6.45) is 7.73. The quantitative estimate of drug-likeness (QED) is 0.332. The third-order valence-corrected chi connectivity index (χ3v) is 8.71. The first-order valence-electron chi connectivity index (χ1n) is 13.5. The van der Waals surface area contributed by atoms with E-state index < -0.39 is 12.5 Å². The van der Waals surface area contributed by atoms with Gasteiger partial charge in [0, 0.05) is 66.6 Å². The average Bonchev–Trinajstić information content (AvgIpc) is 3.57. The van der Waals surface area contributed by atoms with Gasteiger partial charge in [0.25, 0.3) is 0 Å². The first-order valence-corrected chi connectivity index (χ1v) is 13.5. The van der Waals surface area contributed by atoms with Gasteiger partial charge in [-0.1, -0.05) is 18.2 Å². The van der Waals surface area contributed by atoms with Crippen molar-refractivity contribution in [2.24, 2.45) is 17.8 Å². The van der Waals surface area contributed by atoms with Gasteiger partial charge in [-0.15, -0.1) is 0 Å². The predicted molar refractivity (Wildman–Crippen MR) is 143 cm³/mol. The number of rotatable bonds is 6. The highest BCUT2D eigenvalue weighted by molar-refractivity contribution is 6.00. The summed E-state index contributed by atoms with van der Waals surface area (Å²) in [7, 11) is 0. The van der Waals surface area contributed by atoms with Crippen molar-refractivity contribution in [2.75, 3.05) is 18.0 Å². The van der Waals surface area contributed by atoms with E-state index in [1.54, 1.807) is 37.5 Å². The molecule has 2 unspecified atom stereocenters. The monoisotopic (exact) mass is 543 g/mol. The number of hydrogen-bond acceptors (Lipinski definition) is 7. The van der Waals surface area contributed by atoms with Gasteiger partial charge < -0.3 is 14.0 Å². The molecule has 0 N–H and O–H groups in total. The van der Waals surface area contributed by atoms with Gasteiger partial charge >= 0.3 is 6.61 Å². The summed E-state index contributed by atoms with van der Waals surface area (Å²) in [5, 5.41) is 0. The van der Waals surface area contributed by atoms with Crippen LogP contribution in [0.25, 0.3) is 16.8 Å². The number of pyridine rings is 1. The third kappa shape index (κ3) is 4.04. The van der Waals surface area contributed by atoms with Crippen LogP contribution in [-0.4, -0.2) is 50.6 Å². The number of carbonyl (C=O) groups is 2. The molecule has 204 valence electrons. The van der Waals surface area contributed by atoms with Gasteiger partial charge in [0.1, 0.15) is 22.9 Å². The number of nitrogens with zero attached hydrogens (tertiary/aromatic N) is 5. The number of fused-ring (bicyclic) bond motifs is 5. The number of hydrogen-bond donors (Lipinski definition) is 0. The molecule has 0 spiro atoms. The lowest BCUT2D eigenvalue weighted by atomic mass is 9.82. The minimum Gasteiger partial charge on any atom is -0.435 e. The van der Waals surface area contributed by atoms with E-state index in [9.17, 15) is 18.4 Å². The number of aromatic nitrogens is 4. The molecule has 1 aliphatic heterocycles. The molecule has 4 heterocycles. The maximum absolute atomic E-state index is 13.1. The SMILES string of the molecule is CC(=O)C1C2CCC1CN(c1ncc(-c3ccc4nc5c(n4c3)[C@@H](c3ccccc3OC(F)F)CC5=O)cn1)C2. The Bertz CT molecular complexity index is 1620. The fourth-order valence-corrected chi connectivity index (χ4v) is 7.06. The number of carbonyl (C=O) groups excluding carboxylic acids is 2. The van der Waals surface area contributed by atoms with Crippen LogP contribution in [0.2, 0.25) is 0 Å². The molecule has 2 fully saturated rings. The van der Waals surface area contributed by atoms with E-state index >= 15 is 0 Å². The van der Waals surface area contributed by atoms with Crippen molar-refractivity contribution in [1.29, 1.82) is 0 Å². The van der Waals surface area contributed by atoms with E-state index in [1.165, 1.54) is 6.07 Å². The number of halogens is 2. The lowest BCUT2D eigenvalue weighted by Gasteiger charge is -2.36. The molecule has 8 nitrogen and oxygen atoms in total. The summed E-state index contributed by atoms with van der Waals surface area (Å²) in [5.74, 6) is 1.28. The van der Waals surface area contributed by atoms with Crippen LogP contribution >= 0.6 is 0 Å². The van der Waals surface area contributed by atoms with E-state index in [0.29, 0.717) is 46.2 Å². The molecule has 1 saturated carbocycles. The highest BCUT2D eigenvalue weighted by Crippen LogP contribution is 2.44. The standard InChI is InChI=1S/C30H27F2N5O3/c1-16(38)26-18-6-7-19(26)14-36(13-18)30-33-11-20(12-34-30)17-8-9-25-35-27-23(39)10-22(28(27)37(25)15-17)21-4-2-3-5-24(21)40-29(31)32/h2-5,8-9,11-12,15,18-19,22,26,29H,6-7,10,13-14H2,1H3/t18?,19?,22-,26?/m1/s1. The topological polar surface area (TPSA) is 89.7 Å². The number of Topliss-reactive ketones (excluding diaryl/α,β-unsaturated/α-hetero) is 2. The Morgan fingerprint density at radius 3 is 2.45 bits per heavy atom. The molecule has 2 aliphatic carbocycles. The lowest BCUT2D eigenvalue weighted by molar-refractivity contribution is -0.123. The molecular formula is C30H27F2N5O3. The van der Waals surface area contributed by atoms with Crippen molar-refractivity contribution < 1.29 is 23.1 Å². The summed E-state index contributed by atoms with van der Waals surface area (Å²) in [4.78, 5) is 41.1. The van der Waals surface area contributed by atoms with E-state index in [1.807, 2.05) is 22.7 Å². The molecule has 1 saturated heterocycles. The van der Waals surface area contributed by atoms with Crippen LogP contribution < -0.4 is 9.64 Å². The molecule has 3 aliphatic rings. The molecule has 4 aromatic rings. The Morgan fingerprint density at radius 1 is 1.02 bits per heavy atom. The zero-order valence-corrected chi connectivity index (χ0v) is 21.8. The van der Waals surface area contributed by atoms with E-state index in [0.717, 1.165) is 37.1 Å². The number of piperidine rings is 1. The lowest BCUT2D eigenvalue weighted by Crippen LogP contribution is -2.44. The highest BCUT2D eigenvalue weighted by Gasteiger charge is 2.44. The molecule has 3 aromatic heterocycles. The zero-order chi connectivity index (χ0) is 27.5. The molecular weight excluding hydrogens is 516 g/mol. The van der Waals surface area contributed by atoms with Crippen molar-refractivity contribution in [3.8, 4) is 16.9 Å². The first-order chi connectivity index (χ1) is 19.4. The normalized spacial score (nSPS) is 23.7. The zero-order valence-electron chi connectivity index (χ0n) is 21.8. The van der Waals surface area contributed by atoms with Crippen LogP contribution in [0.3, 0.4) is 0 Å². The van der Waals surface area contributed by atoms with Crippen molar-refractivity contribution in [3.05, 3.63) is 71.9 Å². The molecule has 3 atom stereocenters. The molecule has 10 heteroatoms. The van der Waals surface area contributed by atoms with Crippen LogP contribution in [0.4, 0.5) is 14.7 Å². The number of imidazole rings is 1. The Balaban J connectivity index is 1.20. The largest absolute Gasteiger partial charge is 0.435 e. The first kappa shape index (κ1) is 24.8. The molecule has 1 aromatic carbocycles. The van der Waals surface area contributed by atoms with Gasteiger partial charge in [0.2, 0.25) is 5.95 Å². The Morgan fingerprint density at radius 2 is 1.75 bits per heavy atom. The Labute approximate surface area is 229 Å². The fourth-order valence-electron chi connectivity index (χ4n) is 7.06. The van der Waals surface area contributed by atoms with Crippen LogP contribution in [0.5, 0.6) is 5.75 Å². The highest BCUT2D eigenvalue weighted by atomic mass is 19.3. The van der Waals surface area contributed by atoms with Gasteiger partial charge in [-0.2, -0.15) is 8.78 Å². The van der Waals surface area contributed by atoms with Crippen LogP contribution in [0.1, 0.15) is 53.8 Å².